The summed E-state index contributed by atoms with van der Waals surface area (Å²) in [4.78, 5) is 4.45. The van der Waals surface area contributed by atoms with Crippen molar-refractivity contribution < 1.29 is 9.47 Å². The molecule has 0 aliphatic heterocycles. The van der Waals surface area contributed by atoms with E-state index in [4.69, 9.17) is 15.3 Å². The van der Waals surface area contributed by atoms with Crippen LogP contribution in [0.5, 0.6) is 5.75 Å². The van der Waals surface area contributed by atoms with Gasteiger partial charge in [0.25, 0.3) is 0 Å². The summed E-state index contributed by atoms with van der Waals surface area (Å²) in [6.45, 7) is 7.22. The van der Waals surface area contributed by atoms with Crippen LogP contribution in [-0.2, 0) is 11.2 Å². The average molecular weight is 253 g/mol. The zero-order valence-electron chi connectivity index (χ0n) is 11.6. The molecule has 5 heteroatoms. The highest BCUT2D eigenvalue weighted by Gasteiger charge is 2.14. The van der Waals surface area contributed by atoms with Gasteiger partial charge in [0.2, 0.25) is 0 Å². The first kappa shape index (κ1) is 14.9. The van der Waals surface area contributed by atoms with Crippen LogP contribution in [0.1, 0.15) is 23.7 Å². The molecule has 0 saturated heterocycles. The van der Waals surface area contributed by atoms with E-state index in [2.05, 4.69) is 10.4 Å². The second kappa shape index (κ2) is 7.31. The predicted octanol–water partition coefficient (Wildman–Crippen LogP) is 1.12. The second-order valence-corrected chi connectivity index (χ2v) is 4.27. The monoisotopic (exact) mass is 253 g/mol. The molecule has 0 bridgehead atoms. The molecule has 0 aromatic carbocycles. The molecule has 1 aromatic rings. The molecule has 3 N–H and O–H groups in total. The fourth-order valence-electron chi connectivity index (χ4n) is 1.94. The summed E-state index contributed by atoms with van der Waals surface area (Å²) in [6.07, 6.45) is 2.55. The molecule has 1 atom stereocenters. The van der Waals surface area contributed by atoms with Gasteiger partial charge in [-0.2, -0.15) is 0 Å². The minimum atomic E-state index is 0.0589. The van der Waals surface area contributed by atoms with Gasteiger partial charge in [-0.25, -0.2) is 0 Å². The van der Waals surface area contributed by atoms with Crippen molar-refractivity contribution in [1.29, 1.82) is 0 Å². The zero-order chi connectivity index (χ0) is 13.5. The molecule has 18 heavy (non-hydrogen) atoms. The highest BCUT2D eigenvalue weighted by atomic mass is 16.5. The molecule has 0 amide bonds. The fraction of sp³-hybridized carbons (Fsp3) is 0.615. The number of methoxy groups -OCH3 is 1. The highest BCUT2D eigenvalue weighted by Crippen LogP contribution is 2.24. The van der Waals surface area contributed by atoms with Gasteiger partial charge in [-0.05, 0) is 20.8 Å². The van der Waals surface area contributed by atoms with Crippen LogP contribution in [0.2, 0.25) is 0 Å². The number of nitrogens with one attached hydrogen (secondary N) is 1. The lowest BCUT2D eigenvalue weighted by Gasteiger charge is -2.18. The van der Waals surface area contributed by atoms with E-state index in [0.717, 1.165) is 29.0 Å². The fourth-order valence-corrected chi connectivity index (χ4v) is 1.94. The van der Waals surface area contributed by atoms with Crippen LogP contribution in [0.15, 0.2) is 6.20 Å². The van der Waals surface area contributed by atoms with Gasteiger partial charge >= 0.3 is 0 Å². The predicted molar refractivity (Wildman–Crippen MR) is 71.6 cm³/mol. The normalized spacial score (nSPS) is 12.5. The van der Waals surface area contributed by atoms with E-state index in [1.165, 1.54) is 0 Å². The molecular weight excluding hydrogens is 230 g/mol. The van der Waals surface area contributed by atoms with Gasteiger partial charge in [0, 0.05) is 42.1 Å². The van der Waals surface area contributed by atoms with Crippen molar-refractivity contribution >= 4 is 0 Å². The van der Waals surface area contributed by atoms with Gasteiger partial charge in [0.05, 0.1) is 13.7 Å². The van der Waals surface area contributed by atoms with Crippen LogP contribution < -0.4 is 16.0 Å². The Labute approximate surface area is 109 Å². The third kappa shape index (κ3) is 3.66. The Morgan fingerprint density at radius 3 is 2.72 bits per heavy atom. The van der Waals surface area contributed by atoms with Gasteiger partial charge in [-0.3, -0.25) is 16.3 Å². The number of hydrogen-bond donors (Lipinski definition) is 2. The van der Waals surface area contributed by atoms with E-state index in [9.17, 15) is 0 Å². The quantitative estimate of drug-likeness (QED) is 0.563. The van der Waals surface area contributed by atoms with Crippen LogP contribution >= 0.6 is 0 Å². The van der Waals surface area contributed by atoms with Crippen LogP contribution in [0.3, 0.4) is 0 Å². The molecule has 0 aliphatic rings. The van der Waals surface area contributed by atoms with E-state index in [1.54, 1.807) is 7.11 Å². The molecular formula is C13H23N3O2. The number of aryl methyl sites for hydroxylation is 1. The Balaban J connectivity index is 2.83. The summed E-state index contributed by atoms with van der Waals surface area (Å²) >= 11 is 0. The second-order valence-electron chi connectivity index (χ2n) is 4.27. The van der Waals surface area contributed by atoms with E-state index in [-0.39, 0.29) is 6.04 Å². The Morgan fingerprint density at radius 2 is 2.17 bits per heavy atom. The number of pyridine rings is 1. The third-order valence-electron chi connectivity index (χ3n) is 2.95. The Morgan fingerprint density at radius 1 is 1.44 bits per heavy atom. The smallest absolute Gasteiger partial charge is 0.128 e. The minimum absolute atomic E-state index is 0.0589. The minimum Gasteiger partial charge on any atom is -0.496 e. The van der Waals surface area contributed by atoms with Gasteiger partial charge < -0.3 is 9.47 Å². The SMILES string of the molecule is CCOCC(Cc1ncc(C)c(OC)c1C)NN. The molecule has 0 radical (unpaired) electrons. The number of aromatic nitrogens is 1. The van der Waals surface area contributed by atoms with Crippen LogP contribution in [-0.4, -0.2) is 31.3 Å². The number of hydrazine groups is 1. The number of nitrogens with two attached hydrogens (primary N) is 1. The maximum atomic E-state index is 5.52. The first-order valence-electron chi connectivity index (χ1n) is 6.16. The van der Waals surface area contributed by atoms with Crippen molar-refractivity contribution in [3.8, 4) is 5.75 Å². The van der Waals surface area contributed by atoms with Crippen molar-refractivity contribution in [2.75, 3.05) is 20.3 Å². The Bertz CT molecular complexity index is 383. The molecule has 1 heterocycles. The maximum Gasteiger partial charge on any atom is 0.128 e. The topological polar surface area (TPSA) is 69.4 Å². The van der Waals surface area contributed by atoms with Crippen molar-refractivity contribution in [3.63, 3.8) is 0 Å². The van der Waals surface area contributed by atoms with Crippen molar-refractivity contribution in [3.05, 3.63) is 23.0 Å². The Kier molecular flexibility index (Phi) is 6.04. The maximum absolute atomic E-state index is 5.52. The Hall–Kier alpha value is -1.17. The summed E-state index contributed by atoms with van der Waals surface area (Å²) < 4.78 is 10.8. The molecule has 0 saturated carbocycles. The van der Waals surface area contributed by atoms with Gasteiger partial charge in [-0.1, -0.05) is 0 Å². The third-order valence-corrected chi connectivity index (χ3v) is 2.95. The molecule has 1 unspecified atom stereocenters. The first-order valence-corrected chi connectivity index (χ1v) is 6.16. The summed E-state index contributed by atoms with van der Waals surface area (Å²) in [5, 5.41) is 0. The lowest BCUT2D eigenvalue weighted by Crippen LogP contribution is -2.40. The molecule has 102 valence electrons. The summed E-state index contributed by atoms with van der Waals surface area (Å²) in [7, 11) is 1.68. The first-order chi connectivity index (χ1) is 8.63. The molecule has 1 aromatic heterocycles. The van der Waals surface area contributed by atoms with Crippen LogP contribution in [0, 0.1) is 13.8 Å². The van der Waals surface area contributed by atoms with E-state index < -0.39 is 0 Å². The van der Waals surface area contributed by atoms with E-state index >= 15 is 0 Å². The highest BCUT2D eigenvalue weighted by molar-refractivity contribution is 5.41. The lowest BCUT2D eigenvalue weighted by molar-refractivity contribution is 0.122. The number of nitrogens with zero attached hydrogens (tertiary/aromatic N) is 1. The summed E-state index contributed by atoms with van der Waals surface area (Å²) in [5.41, 5.74) is 5.85. The molecule has 0 spiro atoms. The van der Waals surface area contributed by atoms with Gasteiger partial charge in [0.1, 0.15) is 5.75 Å². The van der Waals surface area contributed by atoms with Crippen LogP contribution in [0.4, 0.5) is 0 Å². The van der Waals surface area contributed by atoms with Crippen molar-refractivity contribution in [2.45, 2.75) is 33.2 Å². The zero-order valence-corrected chi connectivity index (χ0v) is 11.6. The standard InChI is InChI=1S/C13H23N3O2/c1-5-18-8-11(16-14)6-12-10(3)13(17-4)9(2)7-15-12/h7,11,16H,5-6,8,14H2,1-4H3. The van der Waals surface area contributed by atoms with E-state index in [1.807, 2.05) is 27.0 Å². The largest absolute Gasteiger partial charge is 0.496 e. The lowest BCUT2D eigenvalue weighted by atomic mass is 10.1. The van der Waals surface area contributed by atoms with Gasteiger partial charge in [-0.15, -0.1) is 0 Å². The number of ether oxygens (including phenoxy) is 2. The molecule has 1 rings (SSSR count). The van der Waals surface area contributed by atoms with Crippen molar-refractivity contribution in [2.24, 2.45) is 5.84 Å². The van der Waals surface area contributed by atoms with Crippen LogP contribution in [0.25, 0.3) is 0 Å². The molecule has 0 aliphatic carbocycles. The van der Waals surface area contributed by atoms with Crippen molar-refractivity contribution in [1.82, 2.24) is 10.4 Å². The van der Waals surface area contributed by atoms with E-state index in [0.29, 0.717) is 13.2 Å². The van der Waals surface area contributed by atoms with Gasteiger partial charge in [0.15, 0.2) is 0 Å². The summed E-state index contributed by atoms with van der Waals surface area (Å²) in [6, 6.07) is 0.0589. The number of hydrogen-bond acceptors (Lipinski definition) is 5. The molecule has 0 fully saturated rings. The number of rotatable bonds is 7. The average Bonchev–Trinajstić information content (AvgIpc) is 2.37. The summed E-state index contributed by atoms with van der Waals surface area (Å²) in [5.74, 6) is 6.42. The molecule has 5 nitrogen and oxygen atoms in total.